The van der Waals surface area contributed by atoms with Crippen LogP contribution in [0.4, 0.5) is 0 Å². The maximum absolute atomic E-state index is 11.7. The van der Waals surface area contributed by atoms with Gasteiger partial charge in [-0.05, 0) is 35.4 Å². The molecule has 0 heterocycles. The molecule has 5 nitrogen and oxygen atoms in total. The van der Waals surface area contributed by atoms with Crippen molar-refractivity contribution in [3.8, 4) is 5.75 Å². The number of hydrogen-bond donors (Lipinski definition) is 2. The zero-order chi connectivity index (χ0) is 16.3. The monoisotopic (exact) mass is 298 g/mol. The number of carbonyl (C=O) groups is 2. The van der Waals surface area contributed by atoms with Crippen LogP contribution in [0.2, 0.25) is 0 Å². The van der Waals surface area contributed by atoms with Gasteiger partial charge in [0.05, 0.1) is 7.11 Å². The molecular formula is C17H18N2O3. The fraction of sp³-hybridized carbons (Fsp3) is 0.176. The topological polar surface area (TPSA) is 95.4 Å². The van der Waals surface area contributed by atoms with Crippen molar-refractivity contribution < 1.29 is 14.3 Å². The van der Waals surface area contributed by atoms with Gasteiger partial charge in [-0.3, -0.25) is 9.59 Å². The first-order valence-electron chi connectivity index (χ1n) is 6.82. The van der Waals surface area contributed by atoms with Crippen LogP contribution in [-0.2, 0) is 0 Å². The molecule has 0 saturated heterocycles. The molecule has 2 aromatic rings. The highest BCUT2D eigenvalue weighted by molar-refractivity contribution is 6.01. The van der Waals surface area contributed by atoms with Gasteiger partial charge in [0.2, 0.25) is 11.8 Å². The summed E-state index contributed by atoms with van der Waals surface area (Å²) in [5.41, 5.74) is 12.9. The molecule has 0 aromatic heterocycles. The van der Waals surface area contributed by atoms with Gasteiger partial charge in [0.15, 0.2) is 0 Å². The lowest BCUT2D eigenvalue weighted by Gasteiger charge is -2.19. The molecule has 22 heavy (non-hydrogen) atoms. The van der Waals surface area contributed by atoms with E-state index in [4.69, 9.17) is 16.2 Å². The maximum atomic E-state index is 11.7. The smallest absolute Gasteiger partial charge is 0.249 e. The van der Waals surface area contributed by atoms with Crippen molar-refractivity contribution in [2.24, 2.45) is 11.5 Å². The van der Waals surface area contributed by atoms with Gasteiger partial charge in [-0.25, -0.2) is 0 Å². The van der Waals surface area contributed by atoms with Gasteiger partial charge in [-0.1, -0.05) is 25.1 Å². The quantitative estimate of drug-likeness (QED) is 0.884. The summed E-state index contributed by atoms with van der Waals surface area (Å²) in [7, 11) is 1.58. The fourth-order valence-electron chi connectivity index (χ4n) is 2.54. The molecule has 4 N–H and O–H groups in total. The Morgan fingerprint density at radius 3 is 2.05 bits per heavy atom. The van der Waals surface area contributed by atoms with Crippen LogP contribution in [0, 0.1) is 0 Å². The van der Waals surface area contributed by atoms with Crippen molar-refractivity contribution in [1.82, 2.24) is 0 Å². The third-order valence-corrected chi connectivity index (χ3v) is 3.66. The van der Waals surface area contributed by atoms with Crippen LogP contribution in [0.1, 0.15) is 44.7 Å². The molecule has 0 fully saturated rings. The van der Waals surface area contributed by atoms with Crippen molar-refractivity contribution in [1.29, 1.82) is 0 Å². The van der Waals surface area contributed by atoms with Crippen LogP contribution in [0.3, 0.4) is 0 Å². The summed E-state index contributed by atoms with van der Waals surface area (Å²) < 4.78 is 5.21. The Morgan fingerprint density at radius 1 is 1.00 bits per heavy atom. The molecule has 0 saturated carbocycles. The van der Waals surface area contributed by atoms with E-state index in [9.17, 15) is 9.59 Å². The van der Waals surface area contributed by atoms with Gasteiger partial charge < -0.3 is 16.2 Å². The molecule has 2 rings (SSSR count). The second-order valence-corrected chi connectivity index (χ2v) is 4.99. The van der Waals surface area contributed by atoms with Crippen LogP contribution in [0.25, 0.3) is 0 Å². The van der Waals surface area contributed by atoms with Gasteiger partial charge in [0.1, 0.15) is 5.75 Å². The molecular weight excluding hydrogens is 280 g/mol. The van der Waals surface area contributed by atoms with Crippen LogP contribution in [0.15, 0.2) is 42.5 Å². The minimum absolute atomic E-state index is 0.235. The standard InChI is InChI=1S/C17H18N2O3/c1-10(11-5-3-6-12(9-11)22-2)15-13(16(18)20)7-4-8-14(15)17(19)21/h3-10H,1-2H3,(H2,18,20)(H2,19,21)/t10-/m1/s1. The molecule has 2 aromatic carbocycles. The zero-order valence-electron chi connectivity index (χ0n) is 12.5. The predicted octanol–water partition coefficient (Wildman–Crippen LogP) is 2.04. The normalized spacial score (nSPS) is 11.7. The van der Waals surface area contributed by atoms with Crippen LogP contribution in [-0.4, -0.2) is 18.9 Å². The van der Waals surface area contributed by atoms with Gasteiger partial charge in [0.25, 0.3) is 0 Å². The number of rotatable bonds is 5. The van der Waals surface area contributed by atoms with E-state index in [1.807, 2.05) is 31.2 Å². The summed E-state index contributed by atoms with van der Waals surface area (Å²) in [5.74, 6) is -0.719. The summed E-state index contributed by atoms with van der Waals surface area (Å²) >= 11 is 0. The SMILES string of the molecule is COc1cccc([C@@H](C)c2c(C(N)=O)cccc2C(N)=O)c1. The van der Waals surface area contributed by atoms with Crippen LogP contribution in [0.5, 0.6) is 5.75 Å². The highest BCUT2D eigenvalue weighted by Gasteiger charge is 2.22. The Labute approximate surface area is 128 Å². The number of nitrogens with two attached hydrogens (primary N) is 2. The number of amides is 2. The molecule has 0 bridgehead atoms. The Morgan fingerprint density at radius 2 is 1.55 bits per heavy atom. The molecule has 0 aliphatic carbocycles. The van der Waals surface area contributed by atoms with E-state index in [0.29, 0.717) is 22.4 Å². The number of methoxy groups -OCH3 is 1. The third-order valence-electron chi connectivity index (χ3n) is 3.66. The van der Waals surface area contributed by atoms with E-state index in [1.165, 1.54) is 0 Å². The van der Waals surface area contributed by atoms with Crippen molar-refractivity contribution >= 4 is 11.8 Å². The third kappa shape index (κ3) is 2.93. The van der Waals surface area contributed by atoms with Crippen molar-refractivity contribution in [2.75, 3.05) is 7.11 Å². The molecule has 0 radical (unpaired) electrons. The summed E-state index contributed by atoms with van der Waals surface area (Å²) in [6, 6.07) is 12.2. The molecule has 5 heteroatoms. The number of benzene rings is 2. The first-order chi connectivity index (χ1) is 10.5. The molecule has 114 valence electrons. The van der Waals surface area contributed by atoms with E-state index >= 15 is 0 Å². The number of hydrogen-bond acceptors (Lipinski definition) is 3. The second kappa shape index (κ2) is 6.30. The molecule has 1 atom stereocenters. The summed E-state index contributed by atoms with van der Waals surface area (Å²) in [6.45, 7) is 1.89. The lowest BCUT2D eigenvalue weighted by Crippen LogP contribution is -2.21. The summed E-state index contributed by atoms with van der Waals surface area (Å²) in [4.78, 5) is 23.4. The van der Waals surface area contributed by atoms with Crippen molar-refractivity contribution in [3.05, 3.63) is 64.7 Å². The van der Waals surface area contributed by atoms with E-state index < -0.39 is 11.8 Å². The summed E-state index contributed by atoms with van der Waals surface area (Å²) in [5, 5.41) is 0. The lowest BCUT2D eigenvalue weighted by molar-refractivity contribution is 0.0999. The van der Waals surface area contributed by atoms with Crippen LogP contribution < -0.4 is 16.2 Å². The Hall–Kier alpha value is -2.82. The van der Waals surface area contributed by atoms with Gasteiger partial charge in [-0.2, -0.15) is 0 Å². The minimum Gasteiger partial charge on any atom is -0.497 e. The average molecular weight is 298 g/mol. The van der Waals surface area contributed by atoms with Crippen molar-refractivity contribution in [3.63, 3.8) is 0 Å². The number of primary amides is 2. The Kier molecular flexibility index (Phi) is 4.46. The number of carbonyl (C=O) groups excluding carboxylic acids is 2. The van der Waals surface area contributed by atoms with Gasteiger partial charge in [-0.15, -0.1) is 0 Å². The lowest BCUT2D eigenvalue weighted by atomic mass is 9.85. The predicted molar refractivity (Wildman–Crippen MR) is 84.0 cm³/mol. The largest absolute Gasteiger partial charge is 0.497 e. The highest BCUT2D eigenvalue weighted by Crippen LogP contribution is 2.31. The summed E-state index contributed by atoms with van der Waals surface area (Å²) in [6.07, 6.45) is 0. The van der Waals surface area contributed by atoms with Crippen molar-refractivity contribution in [2.45, 2.75) is 12.8 Å². The van der Waals surface area contributed by atoms with Gasteiger partial charge >= 0.3 is 0 Å². The van der Waals surface area contributed by atoms with Crippen LogP contribution >= 0.6 is 0 Å². The first-order valence-corrected chi connectivity index (χ1v) is 6.82. The van der Waals surface area contributed by atoms with E-state index in [-0.39, 0.29) is 5.92 Å². The van der Waals surface area contributed by atoms with Gasteiger partial charge in [0, 0.05) is 17.0 Å². The highest BCUT2D eigenvalue weighted by atomic mass is 16.5. The molecule has 0 aliphatic rings. The first kappa shape index (κ1) is 15.6. The Bertz CT molecular complexity index is 693. The Balaban J connectivity index is 2.63. The fourth-order valence-corrected chi connectivity index (χ4v) is 2.54. The van der Waals surface area contributed by atoms with E-state index in [0.717, 1.165) is 5.56 Å². The molecule has 0 aliphatic heterocycles. The minimum atomic E-state index is -0.590. The van der Waals surface area contributed by atoms with E-state index in [1.54, 1.807) is 25.3 Å². The maximum Gasteiger partial charge on any atom is 0.249 e. The average Bonchev–Trinajstić information content (AvgIpc) is 2.53. The van der Waals surface area contributed by atoms with E-state index in [2.05, 4.69) is 0 Å². The number of ether oxygens (including phenoxy) is 1. The molecule has 0 unspecified atom stereocenters. The zero-order valence-corrected chi connectivity index (χ0v) is 12.5. The molecule has 0 spiro atoms. The molecule has 2 amide bonds. The second-order valence-electron chi connectivity index (χ2n) is 4.99.